The highest BCUT2D eigenvalue weighted by Crippen LogP contribution is 2.31. The quantitative estimate of drug-likeness (QED) is 0.709. The van der Waals surface area contributed by atoms with Crippen LogP contribution in [0, 0.1) is 5.92 Å². The fraction of sp³-hybridized carbons (Fsp3) is 0.667. The number of rotatable bonds is 8. The molecule has 148 valence electrons. The second-order valence-corrected chi connectivity index (χ2v) is 7.78. The molecule has 1 atom stereocenters. The van der Waals surface area contributed by atoms with Gasteiger partial charge in [-0.15, -0.1) is 0 Å². The highest BCUT2D eigenvalue weighted by Gasteiger charge is 2.27. The zero-order chi connectivity index (χ0) is 19.1. The van der Waals surface area contributed by atoms with Gasteiger partial charge in [-0.25, -0.2) is 0 Å². The van der Waals surface area contributed by atoms with E-state index >= 15 is 0 Å². The van der Waals surface area contributed by atoms with Crippen LogP contribution in [0.2, 0.25) is 0 Å². The van der Waals surface area contributed by atoms with Gasteiger partial charge in [-0.05, 0) is 63.2 Å². The molecule has 1 unspecified atom stereocenters. The van der Waals surface area contributed by atoms with Gasteiger partial charge in [0.15, 0.2) is 0 Å². The molecule has 0 spiro atoms. The van der Waals surface area contributed by atoms with E-state index in [-0.39, 0.29) is 11.8 Å². The maximum Gasteiger partial charge on any atom is 0.306 e. The summed E-state index contributed by atoms with van der Waals surface area (Å²) in [7, 11) is 0. The second kappa shape index (κ2) is 9.83. The van der Waals surface area contributed by atoms with Crippen molar-refractivity contribution >= 4 is 11.9 Å². The van der Waals surface area contributed by atoms with Crippen LogP contribution in [0.25, 0.3) is 0 Å². The first-order valence-corrected chi connectivity index (χ1v) is 10.3. The normalized spacial score (nSPS) is 21.5. The Balaban J connectivity index is 1.31. The number of piperidine rings is 1. The monoisotopic (exact) mass is 373 g/mol. The van der Waals surface area contributed by atoms with Crippen LogP contribution in [0.4, 0.5) is 0 Å². The Hall–Kier alpha value is -1.95. The molecule has 3 heterocycles. The number of carboxylic acids is 1. The Labute approximate surface area is 161 Å². The average Bonchev–Trinajstić information content (AvgIpc) is 3.17. The maximum atomic E-state index is 12.3. The minimum absolute atomic E-state index is 0.188. The fourth-order valence-corrected chi connectivity index (χ4v) is 4.35. The molecule has 2 fully saturated rings. The number of aliphatic carboxylic acids is 1. The first-order chi connectivity index (χ1) is 13.1. The van der Waals surface area contributed by atoms with Crippen molar-refractivity contribution in [3.63, 3.8) is 0 Å². The molecule has 0 bridgehead atoms. The molecule has 2 saturated heterocycles. The Bertz CT molecular complexity index is 614. The highest BCUT2D eigenvalue weighted by molar-refractivity contribution is 5.77. The van der Waals surface area contributed by atoms with E-state index in [1.165, 1.54) is 18.4 Å². The van der Waals surface area contributed by atoms with E-state index in [2.05, 4.69) is 16.0 Å². The molecule has 0 radical (unpaired) electrons. The van der Waals surface area contributed by atoms with Crippen molar-refractivity contribution in [2.45, 2.75) is 57.4 Å². The summed E-state index contributed by atoms with van der Waals surface area (Å²) in [6.07, 6.45) is 11.1. The number of pyridine rings is 1. The molecule has 1 N–H and O–H groups in total. The Kier molecular flexibility index (Phi) is 7.21. The van der Waals surface area contributed by atoms with Crippen molar-refractivity contribution in [2.24, 2.45) is 5.92 Å². The number of hydrogen-bond acceptors (Lipinski definition) is 4. The van der Waals surface area contributed by atoms with E-state index in [1.54, 1.807) is 0 Å². The van der Waals surface area contributed by atoms with Crippen LogP contribution >= 0.6 is 0 Å². The molecule has 1 amide bonds. The van der Waals surface area contributed by atoms with Gasteiger partial charge < -0.3 is 10.0 Å². The summed E-state index contributed by atoms with van der Waals surface area (Å²) >= 11 is 0. The lowest BCUT2D eigenvalue weighted by Crippen LogP contribution is -2.40. The van der Waals surface area contributed by atoms with E-state index in [0.29, 0.717) is 38.4 Å². The van der Waals surface area contributed by atoms with Crippen LogP contribution in [0.1, 0.15) is 63.0 Å². The lowest BCUT2D eigenvalue weighted by atomic mass is 9.97. The molecule has 2 aliphatic heterocycles. The molecular formula is C21H31N3O3. The summed E-state index contributed by atoms with van der Waals surface area (Å²) in [5.41, 5.74) is 1.31. The third-order valence-electron chi connectivity index (χ3n) is 5.97. The van der Waals surface area contributed by atoms with E-state index in [1.807, 2.05) is 23.4 Å². The van der Waals surface area contributed by atoms with Gasteiger partial charge in [0.05, 0.1) is 5.92 Å². The van der Waals surface area contributed by atoms with Crippen LogP contribution in [0.5, 0.6) is 0 Å². The first-order valence-electron chi connectivity index (χ1n) is 10.3. The summed E-state index contributed by atoms with van der Waals surface area (Å²) in [5, 5.41) is 9.03. The SMILES string of the molecule is O=C(O)C1CCN(C(=O)CCCCCN2CCCC2c2cccnc2)CC1. The molecule has 3 rings (SSSR count). The number of unbranched alkanes of at least 4 members (excludes halogenated alkanes) is 2. The zero-order valence-electron chi connectivity index (χ0n) is 16.1. The number of hydrogen-bond donors (Lipinski definition) is 1. The summed E-state index contributed by atoms with van der Waals surface area (Å²) in [4.78, 5) is 31.9. The third kappa shape index (κ3) is 5.51. The summed E-state index contributed by atoms with van der Waals surface area (Å²) in [5.74, 6) is -0.816. The van der Waals surface area contributed by atoms with Crippen LogP contribution in [-0.2, 0) is 9.59 Å². The van der Waals surface area contributed by atoms with Gasteiger partial charge in [-0.2, -0.15) is 0 Å². The molecule has 6 nitrogen and oxygen atoms in total. The lowest BCUT2D eigenvalue weighted by molar-refractivity contribution is -0.145. The van der Waals surface area contributed by atoms with Crippen LogP contribution < -0.4 is 0 Å². The van der Waals surface area contributed by atoms with Gasteiger partial charge >= 0.3 is 5.97 Å². The predicted octanol–water partition coefficient (Wildman–Crippen LogP) is 3.10. The van der Waals surface area contributed by atoms with Crippen LogP contribution in [-0.4, -0.2) is 57.9 Å². The molecule has 0 saturated carbocycles. The van der Waals surface area contributed by atoms with Crippen molar-refractivity contribution in [1.82, 2.24) is 14.8 Å². The molecule has 1 aromatic rings. The highest BCUT2D eigenvalue weighted by atomic mass is 16.4. The van der Waals surface area contributed by atoms with Gasteiger partial charge in [0.25, 0.3) is 0 Å². The zero-order valence-corrected chi connectivity index (χ0v) is 16.1. The van der Waals surface area contributed by atoms with Gasteiger partial charge in [0.2, 0.25) is 5.91 Å². The number of amides is 1. The number of aromatic nitrogens is 1. The molecule has 1 aromatic heterocycles. The molecule has 0 aromatic carbocycles. The summed E-state index contributed by atoms with van der Waals surface area (Å²) in [6, 6.07) is 4.68. The lowest BCUT2D eigenvalue weighted by Gasteiger charge is -2.30. The Morgan fingerprint density at radius 1 is 1.11 bits per heavy atom. The van der Waals surface area contributed by atoms with E-state index in [0.717, 1.165) is 32.4 Å². The number of nitrogens with zero attached hydrogens (tertiary/aromatic N) is 3. The van der Waals surface area contributed by atoms with Gasteiger partial charge in [0.1, 0.15) is 0 Å². The van der Waals surface area contributed by atoms with Crippen molar-refractivity contribution in [3.05, 3.63) is 30.1 Å². The van der Waals surface area contributed by atoms with Crippen LogP contribution in [0.15, 0.2) is 24.5 Å². The number of carboxylic acid groups (broad SMARTS) is 1. The largest absolute Gasteiger partial charge is 0.481 e. The minimum atomic E-state index is -0.728. The Morgan fingerprint density at radius 2 is 1.93 bits per heavy atom. The predicted molar refractivity (Wildman–Crippen MR) is 103 cm³/mol. The number of carbonyl (C=O) groups is 2. The van der Waals surface area contributed by atoms with E-state index in [9.17, 15) is 9.59 Å². The van der Waals surface area contributed by atoms with Crippen molar-refractivity contribution in [1.29, 1.82) is 0 Å². The van der Waals surface area contributed by atoms with Crippen LogP contribution in [0.3, 0.4) is 0 Å². The molecule has 0 aliphatic carbocycles. The maximum absolute atomic E-state index is 12.3. The molecule has 6 heteroatoms. The smallest absolute Gasteiger partial charge is 0.306 e. The molecule has 2 aliphatic rings. The molecular weight excluding hydrogens is 342 g/mol. The van der Waals surface area contributed by atoms with E-state index < -0.39 is 5.97 Å². The van der Waals surface area contributed by atoms with Crippen molar-refractivity contribution in [3.8, 4) is 0 Å². The first kappa shape index (κ1) is 19.8. The number of likely N-dealkylation sites (tertiary alicyclic amines) is 2. The molecule has 27 heavy (non-hydrogen) atoms. The standard InChI is InChI=1S/C21H31N3O3/c25-20(24-14-9-17(10-15-24)21(26)27)8-2-1-3-12-23-13-5-7-19(23)18-6-4-11-22-16-18/h4,6,11,16-17,19H,1-3,5,7-10,12-15H2,(H,26,27). The third-order valence-corrected chi connectivity index (χ3v) is 5.97. The minimum Gasteiger partial charge on any atom is -0.481 e. The van der Waals surface area contributed by atoms with E-state index in [4.69, 9.17) is 5.11 Å². The van der Waals surface area contributed by atoms with Gasteiger partial charge in [0, 0.05) is 37.9 Å². The van der Waals surface area contributed by atoms with Gasteiger partial charge in [-0.3, -0.25) is 19.5 Å². The Morgan fingerprint density at radius 3 is 2.63 bits per heavy atom. The topological polar surface area (TPSA) is 73.7 Å². The van der Waals surface area contributed by atoms with Crippen molar-refractivity contribution < 1.29 is 14.7 Å². The number of carbonyl (C=O) groups excluding carboxylic acids is 1. The average molecular weight is 373 g/mol. The summed E-state index contributed by atoms with van der Waals surface area (Å²) in [6.45, 7) is 3.42. The fourth-order valence-electron chi connectivity index (χ4n) is 4.35. The van der Waals surface area contributed by atoms with Crippen molar-refractivity contribution in [2.75, 3.05) is 26.2 Å². The second-order valence-electron chi connectivity index (χ2n) is 7.78. The van der Waals surface area contributed by atoms with Gasteiger partial charge in [-0.1, -0.05) is 12.5 Å². The summed E-state index contributed by atoms with van der Waals surface area (Å²) < 4.78 is 0.